The molecule has 1 amide bonds. The summed E-state index contributed by atoms with van der Waals surface area (Å²) in [6, 6.07) is 4.06. The fourth-order valence-electron chi connectivity index (χ4n) is 2.91. The summed E-state index contributed by atoms with van der Waals surface area (Å²) in [6.45, 7) is 6.32. The molecule has 1 aromatic heterocycles. The van der Waals surface area contributed by atoms with Crippen molar-refractivity contribution in [2.24, 2.45) is 11.8 Å². The lowest BCUT2D eigenvalue weighted by atomic mass is 9.96. The maximum atomic E-state index is 11.9. The van der Waals surface area contributed by atoms with Crippen LogP contribution >= 0.6 is 0 Å². The van der Waals surface area contributed by atoms with Gasteiger partial charge in [-0.15, -0.1) is 0 Å². The molecule has 2 heterocycles. The normalized spacial score (nSPS) is 19.4. The summed E-state index contributed by atoms with van der Waals surface area (Å²) in [6.07, 6.45) is 7.67. The van der Waals surface area contributed by atoms with Gasteiger partial charge in [-0.05, 0) is 42.7 Å². The van der Waals surface area contributed by atoms with Crippen LogP contribution in [-0.2, 0) is 11.2 Å². The first kappa shape index (κ1) is 14.0. The van der Waals surface area contributed by atoms with E-state index in [0.717, 1.165) is 32.4 Å². The van der Waals surface area contributed by atoms with Crippen LogP contribution in [0.2, 0.25) is 0 Å². The zero-order valence-electron chi connectivity index (χ0n) is 12.0. The number of rotatable bonds is 6. The van der Waals surface area contributed by atoms with Gasteiger partial charge < -0.3 is 4.90 Å². The molecule has 1 aliphatic heterocycles. The number of aryl methyl sites for hydroxylation is 1. The van der Waals surface area contributed by atoms with E-state index in [0.29, 0.717) is 17.7 Å². The fourth-order valence-corrected chi connectivity index (χ4v) is 2.91. The molecule has 0 bridgehead atoms. The third-order valence-electron chi connectivity index (χ3n) is 3.72. The van der Waals surface area contributed by atoms with Gasteiger partial charge in [-0.25, -0.2) is 0 Å². The van der Waals surface area contributed by atoms with E-state index >= 15 is 0 Å². The molecule has 104 valence electrons. The quantitative estimate of drug-likeness (QED) is 0.788. The number of hydrogen-bond acceptors (Lipinski definition) is 2. The molecule has 0 unspecified atom stereocenters. The molecule has 1 aliphatic rings. The van der Waals surface area contributed by atoms with E-state index in [-0.39, 0.29) is 0 Å². The number of carbonyl (C=O) groups excluding carboxylic acids is 1. The van der Waals surface area contributed by atoms with Gasteiger partial charge >= 0.3 is 0 Å². The minimum Gasteiger partial charge on any atom is -0.342 e. The Bertz CT molecular complexity index is 402. The Morgan fingerprint density at radius 2 is 2.32 bits per heavy atom. The molecule has 0 saturated carbocycles. The summed E-state index contributed by atoms with van der Waals surface area (Å²) in [5, 5.41) is 0. The minimum absolute atomic E-state index is 0.344. The summed E-state index contributed by atoms with van der Waals surface area (Å²) in [4.78, 5) is 18.1. The Labute approximate surface area is 116 Å². The number of hydrogen-bond donors (Lipinski definition) is 0. The van der Waals surface area contributed by atoms with Gasteiger partial charge in [0.2, 0.25) is 5.91 Å². The molecule has 1 fully saturated rings. The van der Waals surface area contributed by atoms with Crippen LogP contribution in [0.1, 0.15) is 38.7 Å². The van der Waals surface area contributed by atoms with Gasteiger partial charge in [0, 0.05) is 31.9 Å². The van der Waals surface area contributed by atoms with Crippen molar-refractivity contribution in [3.8, 4) is 0 Å². The lowest BCUT2D eigenvalue weighted by Gasteiger charge is -2.17. The van der Waals surface area contributed by atoms with Crippen molar-refractivity contribution in [3.63, 3.8) is 0 Å². The molecular weight excluding hydrogens is 236 g/mol. The monoisotopic (exact) mass is 260 g/mol. The highest BCUT2D eigenvalue weighted by Crippen LogP contribution is 2.24. The summed E-state index contributed by atoms with van der Waals surface area (Å²) >= 11 is 0. The highest BCUT2D eigenvalue weighted by molar-refractivity contribution is 5.78. The average molecular weight is 260 g/mol. The molecule has 2 rings (SSSR count). The minimum atomic E-state index is 0.344. The van der Waals surface area contributed by atoms with Gasteiger partial charge in [0.05, 0.1) is 0 Å². The van der Waals surface area contributed by atoms with Crippen LogP contribution in [0.15, 0.2) is 24.5 Å². The number of pyridine rings is 1. The van der Waals surface area contributed by atoms with Crippen molar-refractivity contribution in [2.75, 3.05) is 13.1 Å². The predicted octanol–water partition coefficient (Wildman–Crippen LogP) is 2.91. The van der Waals surface area contributed by atoms with Crippen molar-refractivity contribution in [3.05, 3.63) is 30.1 Å². The number of nitrogens with zero attached hydrogens (tertiary/aromatic N) is 2. The van der Waals surface area contributed by atoms with Crippen molar-refractivity contribution in [1.29, 1.82) is 0 Å². The highest BCUT2D eigenvalue weighted by Gasteiger charge is 2.29. The van der Waals surface area contributed by atoms with Gasteiger partial charge in [-0.2, -0.15) is 0 Å². The van der Waals surface area contributed by atoms with Crippen LogP contribution < -0.4 is 0 Å². The third kappa shape index (κ3) is 4.34. The van der Waals surface area contributed by atoms with Crippen LogP contribution in [0, 0.1) is 11.8 Å². The molecule has 0 aromatic carbocycles. The van der Waals surface area contributed by atoms with E-state index in [4.69, 9.17) is 0 Å². The van der Waals surface area contributed by atoms with E-state index in [2.05, 4.69) is 24.9 Å². The Hall–Kier alpha value is -1.38. The first-order valence-corrected chi connectivity index (χ1v) is 7.32. The van der Waals surface area contributed by atoms with Crippen LogP contribution in [0.5, 0.6) is 0 Å². The standard InChI is InChI=1S/C16H24N2O/c1-13(2)9-15-10-16(19)18(12-15)8-4-6-14-5-3-7-17-11-14/h3,5,7,11,13,15H,4,6,8-10,12H2,1-2H3/t15-/m1/s1. The Balaban J connectivity index is 1.73. The Morgan fingerprint density at radius 1 is 1.47 bits per heavy atom. The van der Waals surface area contributed by atoms with E-state index in [1.54, 1.807) is 6.20 Å². The second kappa shape index (κ2) is 6.69. The first-order chi connectivity index (χ1) is 9.15. The van der Waals surface area contributed by atoms with Crippen LogP contribution in [0.25, 0.3) is 0 Å². The summed E-state index contributed by atoms with van der Waals surface area (Å²) in [7, 11) is 0. The van der Waals surface area contributed by atoms with Crippen molar-refractivity contribution in [1.82, 2.24) is 9.88 Å². The van der Waals surface area contributed by atoms with E-state index in [1.807, 2.05) is 17.2 Å². The number of likely N-dealkylation sites (tertiary alicyclic amines) is 1. The van der Waals surface area contributed by atoms with Crippen LogP contribution in [-0.4, -0.2) is 28.9 Å². The van der Waals surface area contributed by atoms with E-state index in [1.165, 1.54) is 12.0 Å². The zero-order chi connectivity index (χ0) is 13.7. The fraction of sp³-hybridized carbons (Fsp3) is 0.625. The molecule has 1 atom stereocenters. The van der Waals surface area contributed by atoms with Crippen molar-refractivity contribution < 1.29 is 4.79 Å². The van der Waals surface area contributed by atoms with Crippen molar-refractivity contribution in [2.45, 2.75) is 39.5 Å². The zero-order valence-corrected chi connectivity index (χ0v) is 12.0. The van der Waals surface area contributed by atoms with E-state index in [9.17, 15) is 4.79 Å². The molecule has 0 aliphatic carbocycles. The number of amides is 1. The molecule has 1 saturated heterocycles. The van der Waals surface area contributed by atoms with Gasteiger partial charge in [-0.3, -0.25) is 9.78 Å². The highest BCUT2D eigenvalue weighted by atomic mass is 16.2. The molecule has 3 nitrogen and oxygen atoms in total. The van der Waals surface area contributed by atoms with E-state index < -0.39 is 0 Å². The Kier molecular flexibility index (Phi) is 4.94. The maximum Gasteiger partial charge on any atom is 0.222 e. The summed E-state index contributed by atoms with van der Waals surface area (Å²) in [5.41, 5.74) is 1.26. The molecule has 0 radical (unpaired) electrons. The number of aromatic nitrogens is 1. The molecule has 19 heavy (non-hydrogen) atoms. The lowest BCUT2D eigenvalue weighted by molar-refractivity contribution is -0.127. The van der Waals surface area contributed by atoms with Gasteiger partial charge in [0.25, 0.3) is 0 Å². The second-order valence-corrected chi connectivity index (χ2v) is 6.00. The second-order valence-electron chi connectivity index (χ2n) is 6.00. The lowest BCUT2D eigenvalue weighted by Crippen LogP contribution is -2.26. The third-order valence-corrected chi connectivity index (χ3v) is 3.72. The summed E-state index contributed by atoms with van der Waals surface area (Å²) in [5.74, 6) is 1.61. The molecule has 1 aromatic rings. The van der Waals surface area contributed by atoms with Crippen molar-refractivity contribution >= 4 is 5.91 Å². The average Bonchev–Trinajstić information content (AvgIpc) is 2.70. The number of carbonyl (C=O) groups is 1. The van der Waals surface area contributed by atoms with Gasteiger partial charge in [0.1, 0.15) is 0 Å². The van der Waals surface area contributed by atoms with Gasteiger partial charge in [-0.1, -0.05) is 19.9 Å². The summed E-state index contributed by atoms with van der Waals surface area (Å²) < 4.78 is 0. The SMILES string of the molecule is CC(C)C[C@@H]1CC(=O)N(CCCc2cccnc2)C1. The molecule has 3 heteroatoms. The first-order valence-electron chi connectivity index (χ1n) is 7.32. The molecule has 0 spiro atoms. The smallest absolute Gasteiger partial charge is 0.222 e. The topological polar surface area (TPSA) is 33.2 Å². The molecule has 0 N–H and O–H groups in total. The maximum absolute atomic E-state index is 11.9. The largest absolute Gasteiger partial charge is 0.342 e. The molecular formula is C16H24N2O. The van der Waals surface area contributed by atoms with Crippen LogP contribution in [0.4, 0.5) is 0 Å². The predicted molar refractivity (Wildman–Crippen MR) is 76.7 cm³/mol. The van der Waals surface area contributed by atoms with Gasteiger partial charge in [0.15, 0.2) is 0 Å². The van der Waals surface area contributed by atoms with Crippen LogP contribution in [0.3, 0.4) is 0 Å². The Morgan fingerprint density at radius 3 is 3.00 bits per heavy atom.